The molecule has 122 valence electrons. The van der Waals surface area contributed by atoms with Crippen LogP contribution < -0.4 is 5.73 Å². The van der Waals surface area contributed by atoms with Crippen LogP contribution in [-0.2, 0) is 0 Å². The van der Waals surface area contributed by atoms with Crippen LogP contribution in [0.15, 0.2) is 79.1 Å². The Labute approximate surface area is 145 Å². The molecular formula is C21H16FN3. The fourth-order valence-electron chi connectivity index (χ4n) is 2.92. The summed E-state index contributed by atoms with van der Waals surface area (Å²) in [6.45, 7) is 0. The fraction of sp³-hybridized carbons (Fsp3) is 0. The summed E-state index contributed by atoms with van der Waals surface area (Å²) in [5.74, 6) is -0.249. The summed E-state index contributed by atoms with van der Waals surface area (Å²) in [5.41, 5.74) is 12.5. The van der Waals surface area contributed by atoms with Crippen molar-refractivity contribution in [1.29, 1.82) is 0 Å². The van der Waals surface area contributed by atoms with Crippen LogP contribution in [0.25, 0.3) is 33.6 Å². The Morgan fingerprint density at radius 3 is 2.28 bits per heavy atom. The van der Waals surface area contributed by atoms with E-state index in [-0.39, 0.29) is 5.82 Å². The molecule has 0 aliphatic rings. The van der Waals surface area contributed by atoms with Crippen molar-refractivity contribution in [3.05, 3.63) is 84.9 Å². The molecule has 0 saturated heterocycles. The highest BCUT2D eigenvalue weighted by atomic mass is 19.1. The van der Waals surface area contributed by atoms with E-state index in [0.29, 0.717) is 5.69 Å². The first kappa shape index (κ1) is 15.1. The lowest BCUT2D eigenvalue weighted by atomic mass is 10.0. The van der Waals surface area contributed by atoms with E-state index >= 15 is 0 Å². The second kappa shape index (κ2) is 6.24. The minimum Gasteiger partial charge on any atom is -0.399 e. The molecule has 0 saturated carbocycles. The molecule has 0 spiro atoms. The zero-order valence-corrected chi connectivity index (χ0v) is 13.4. The van der Waals surface area contributed by atoms with Gasteiger partial charge < -0.3 is 10.7 Å². The quantitative estimate of drug-likeness (QED) is 0.512. The Morgan fingerprint density at radius 2 is 1.56 bits per heavy atom. The Kier molecular flexibility index (Phi) is 3.78. The van der Waals surface area contributed by atoms with Crippen molar-refractivity contribution in [3.8, 4) is 33.6 Å². The van der Waals surface area contributed by atoms with Crippen LogP contribution in [0.5, 0.6) is 0 Å². The highest BCUT2D eigenvalue weighted by molar-refractivity contribution is 5.86. The van der Waals surface area contributed by atoms with Crippen LogP contribution in [0.4, 0.5) is 10.1 Å². The van der Waals surface area contributed by atoms with E-state index in [0.717, 1.165) is 33.6 Å². The number of nitrogens with two attached hydrogens (primary N) is 1. The number of hydrogen-bond donors (Lipinski definition) is 2. The van der Waals surface area contributed by atoms with Crippen LogP contribution in [0.3, 0.4) is 0 Å². The fourth-order valence-corrected chi connectivity index (χ4v) is 2.92. The molecule has 0 aliphatic carbocycles. The van der Waals surface area contributed by atoms with Gasteiger partial charge in [0.2, 0.25) is 0 Å². The van der Waals surface area contributed by atoms with Gasteiger partial charge in [0.15, 0.2) is 0 Å². The number of rotatable bonds is 3. The minimum atomic E-state index is -0.249. The van der Waals surface area contributed by atoms with Crippen molar-refractivity contribution in [2.75, 3.05) is 5.73 Å². The third-order valence-electron chi connectivity index (χ3n) is 4.14. The Bertz CT molecular complexity index is 1010. The molecule has 4 rings (SSSR count). The van der Waals surface area contributed by atoms with Gasteiger partial charge >= 0.3 is 0 Å². The Balaban J connectivity index is 1.90. The summed E-state index contributed by atoms with van der Waals surface area (Å²) in [4.78, 5) is 7.56. The maximum atomic E-state index is 13.3. The molecule has 4 heteroatoms. The number of hydrogen-bond acceptors (Lipinski definition) is 2. The normalized spacial score (nSPS) is 10.8. The smallest absolute Gasteiger partial charge is 0.123 e. The number of benzene rings is 2. The Morgan fingerprint density at radius 1 is 0.800 bits per heavy atom. The molecule has 25 heavy (non-hydrogen) atoms. The second-order valence-electron chi connectivity index (χ2n) is 5.84. The number of halogens is 1. The molecule has 0 bridgehead atoms. The van der Waals surface area contributed by atoms with Crippen molar-refractivity contribution < 1.29 is 4.39 Å². The Hall–Kier alpha value is -3.40. The van der Waals surface area contributed by atoms with Crippen LogP contribution in [0.2, 0.25) is 0 Å². The van der Waals surface area contributed by atoms with Gasteiger partial charge in [-0.25, -0.2) is 4.39 Å². The molecular weight excluding hydrogens is 313 g/mol. The molecule has 2 aromatic heterocycles. The zero-order chi connectivity index (χ0) is 17.2. The van der Waals surface area contributed by atoms with Gasteiger partial charge in [-0.3, -0.25) is 4.98 Å². The molecule has 0 atom stereocenters. The van der Waals surface area contributed by atoms with E-state index in [1.807, 2.05) is 36.4 Å². The van der Waals surface area contributed by atoms with Gasteiger partial charge in [-0.15, -0.1) is 0 Å². The molecule has 0 fully saturated rings. The highest BCUT2D eigenvalue weighted by Gasteiger charge is 2.13. The predicted molar refractivity (Wildman–Crippen MR) is 99.3 cm³/mol. The molecule has 0 amide bonds. The van der Waals surface area contributed by atoms with Crippen molar-refractivity contribution in [2.45, 2.75) is 0 Å². The zero-order valence-electron chi connectivity index (χ0n) is 13.4. The third kappa shape index (κ3) is 3.02. The first-order valence-corrected chi connectivity index (χ1v) is 7.96. The molecule has 0 radical (unpaired) electrons. The maximum Gasteiger partial charge on any atom is 0.123 e. The standard InChI is InChI=1S/C21H16FN3/c22-17-6-4-14(5-7-17)19-13-20(16-2-1-3-18(23)12-16)25-21(19)15-8-10-24-11-9-15/h1-13,25H,23H2. The second-order valence-corrected chi connectivity index (χ2v) is 5.84. The average molecular weight is 329 g/mol. The van der Waals surface area contributed by atoms with E-state index < -0.39 is 0 Å². The number of aromatic nitrogens is 2. The minimum absolute atomic E-state index is 0.249. The predicted octanol–water partition coefficient (Wildman–Crippen LogP) is 5.13. The maximum absolute atomic E-state index is 13.3. The number of nitrogens with zero attached hydrogens (tertiary/aromatic N) is 1. The molecule has 0 unspecified atom stereocenters. The van der Waals surface area contributed by atoms with E-state index in [9.17, 15) is 4.39 Å². The lowest BCUT2D eigenvalue weighted by molar-refractivity contribution is 0.628. The molecule has 0 aliphatic heterocycles. The topological polar surface area (TPSA) is 54.7 Å². The largest absolute Gasteiger partial charge is 0.399 e. The molecule has 2 heterocycles. The van der Waals surface area contributed by atoms with Crippen molar-refractivity contribution in [3.63, 3.8) is 0 Å². The third-order valence-corrected chi connectivity index (χ3v) is 4.14. The molecule has 4 aromatic rings. The van der Waals surface area contributed by atoms with Crippen molar-refractivity contribution in [1.82, 2.24) is 9.97 Å². The van der Waals surface area contributed by atoms with Crippen LogP contribution >= 0.6 is 0 Å². The highest BCUT2D eigenvalue weighted by Crippen LogP contribution is 2.36. The number of nitrogens with one attached hydrogen (secondary N) is 1. The number of pyridine rings is 1. The number of anilines is 1. The summed E-state index contributed by atoms with van der Waals surface area (Å²) in [6.07, 6.45) is 3.51. The van der Waals surface area contributed by atoms with Gasteiger partial charge in [0.05, 0.1) is 5.69 Å². The number of aromatic amines is 1. The van der Waals surface area contributed by atoms with Crippen LogP contribution in [-0.4, -0.2) is 9.97 Å². The first-order valence-electron chi connectivity index (χ1n) is 7.96. The SMILES string of the molecule is Nc1cccc(-c2cc(-c3ccc(F)cc3)c(-c3ccncc3)[nH]2)c1. The van der Waals surface area contributed by atoms with Gasteiger partial charge in [-0.1, -0.05) is 24.3 Å². The average Bonchev–Trinajstić information content (AvgIpc) is 3.08. The monoisotopic (exact) mass is 329 g/mol. The van der Waals surface area contributed by atoms with Crippen molar-refractivity contribution in [2.24, 2.45) is 0 Å². The molecule has 2 aromatic carbocycles. The van der Waals surface area contributed by atoms with Gasteiger partial charge in [0.1, 0.15) is 5.82 Å². The summed E-state index contributed by atoms with van der Waals surface area (Å²) >= 11 is 0. The lowest BCUT2D eigenvalue weighted by Gasteiger charge is -2.04. The van der Waals surface area contributed by atoms with E-state index in [1.165, 1.54) is 12.1 Å². The van der Waals surface area contributed by atoms with Crippen LogP contribution in [0, 0.1) is 5.82 Å². The summed E-state index contributed by atoms with van der Waals surface area (Å²) < 4.78 is 13.3. The van der Waals surface area contributed by atoms with Gasteiger partial charge in [0, 0.05) is 34.9 Å². The van der Waals surface area contributed by atoms with Crippen molar-refractivity contribution >= 4 is 5.69 Å². The van der Waals surface area contributed by atoms with E-state index in [2.05, 4.69) is 16.0 Å². The van der Waals surface area contributed by atoms with E-state index in [1.54, 1.807) is 24.5 Å². The first-order chi connectivity index (χ1) is 12.2. The molecule has 3 nitrogen and oxygen atoms in total. The van der Waals surface area contributed by atoms with Gasteiger partial charge in [0.25, 0.3) is 0 Å². The summed E-state index contributed by atoms with van der Waals surface area (Å²) in [5, 5.41) is 0. The number of nitrogen functional groups attached to an aromatic ring is 1. The van der Waals surface area contributed by atoms with E-state index in [4.69, 9.17) is 5.73 Å². The van der Waals surface area contributed by atoms with Crippen LogP contribution in [0.1, 0.15) is 0 Å². The lowest BCUT2D eigenvalue weighted by Crippen LogP contribution is -1.85. The molecule has 3 N–H and O–H groups in total. The number of H-pyrrole nitrogens is 1. The van der Waals surface area contributed by atoms with Gasteiger partial charge in [-0.05, 0) is 53.6 Å². The van der Waals surface area contributed by atoms with Gasteiger partial charge in [-0.2, -0.15) is 0 Å². The summed E-state index contributed by atoms with van der Waals surface area (Å²) in [7, 11) is 0. The summed E-state index contributed by atoms with van der Waals surface area (Å²) in [6, 6.07) is 20.2.